The lowest BCUT2D eigenvalue weighted by Crippen LogP contribution is -2.03. The molecule has 0 radical (unpaired) electrons. The first kappa shape index (κ1) is 13.3. The number of hydrogen-bond donors (Lipinski definition) is 1. The number of nitrogens with zero attached hydrogens (tertiary/aromatic N) is 2. The average Bonchev–Trinajstić information content (AvgIpc) is 2.86. The van der Waals surface area contributed by atoms with Crippen LogP contribution in [0.25, 0.3) is 0 Å². The molecule has 2 aromatic rings. The van der Waals surface area contributed by atoms with Crippen LogP contribution in [0.3, 0.4) is 0 Å². The molecule has 0 bridgehead atoms. The summed E-state index contributed by atoms with van der Waals surface area (Å²) in [6.45, 7) is 2.89. The maximum atomic E-state index is 5.12. The molecule has 0 unspecified atom stereocenters. The maximum Gasteiger partial charge on any atom is 0.232 e. The molecule has 0 aliphatic carbocycles. The Labute approximate surface area is 119 Å². The fraction of sp³-hybridized carbons (Fsp3) is 0.333. The van der Waals surface area contributed by atoms with Crippen molar-refractivity contribution in [3.63, 3.8) is 0 Å². The molecule has 0 fully saturated rings. The van der Waals surface area contributed by atoms with Gasteiger partial charge in [-0.15, -0.1) is 11.3 Å². The molecule has 0 saturated carbocycles. The fourth-order valence-electron chi connectivity index (χ4n) is 1.45. The van der Waals surface area contributed by atoms with Crippen molar-refractivity contribution in [2.24, 2.45) is 0 Å². The lowest BCUT2D eigenvalue weighted by atomic mass is 10.4. The number of methoxy groups -OCH3 is 1. The van der Waals surface area contributed by atoms with E-state index in [1.807, 2.05) is 0 Å². The zero-order valence-corrected chi connectivity index (χ0v) is 12.6. The third-order valence-electron chi connectivity index (χ3n) is 2.39. The largest absolute Gasteiger partial charge is 0.480 e. The standard InChI is InChI=1S/C12H14BrN3OS/c1-3-8-4-5-9(18-8)6-14-12-15-7-10(13)11(16-12)17-2/h4-5,7H,3,6H2,1-2H3,(H,14,15,16). The van der Waals surface area contributed by atoms with Crippen LogP contribution in [-0.2, 0) is 13.0 Å². The van der Waals surface area contributed by atoms with E-state index in [0.717, 1.165) is 17.4 Å². The first-order valence-electron chi connectivity index (χ1n) is 5.61. The molecular weight excluding hydrogens is 314 g/mol. The lowest BCUT2D eigenvalue weighted by Gasteiger charge is -2.06. The highest BCUT2D eigenvalue weighted by Gasteiger charge is 2.05. The maximum absolute atomic E-state index is 5.12. The van der Waals surface area contributed by atoms with Crippen LogP contribution in [-0.4, -0.2) is 17.1 Å². The van der Waals surface area contributed by atoms with Gasteiger partial charge in [-0.3, -0.25) is 0 Å². The van der Waals surface area contributed by atoms with Gasteiger partial charge in [0.05, 0.1) is 24.3 Å². The summed E-state index contributed by atoms with van der Waals surface area (Å²) in [5.74, 6) is 1.11. The van der Waals surface area contributed by atoms with Crippen molar-refractivity contribution in [2.45, 2.75) is 19.9 Å². The molecule has 0 aromatic carbocycles. The first-order chi connectivity index (χ1) is 8.72. The molecule has 0 atom stereocenters. The summed E-state index contributed by atoms with van der Waals surface area (Å²) < 4.78 is 5.87. The van der Waals surface area contributed by atoms with Crippen molar-refractivity contribution in [3.05, 3.63) is 32.6 Å². The van der Waals surface area contributed by atoms with E-state index >= 15 is 0 Å². The average molecular weight is 328 g/mol. The summed E-state index contributed by atoms with van der Waals surface area (Å²) in [6, 6.07) is 4.29. The van der Waals surface area contributed by atoms with E-state index in [-0.39, 0.29) is 0 Å². The monoisotopic (exact) mass is 327 g/mol. The Morgan fingerprint density at radius 3 is 2.83 bits per heavy atom. The summed E-state index contributed by atoms with van der Waals surface area (Å²) in [5, 5.41) is 3.19. The molecule has 2 aromatic heterocycles. The molecule has 6 heteroatoms. The van der Waals surface area contributed by atoms with Crippen molar-refractivity contribution < 1.29 is 4.74 Å². The predicted octanol–water partition coefficient (Wildman–Crippen LogP) is 3.48. The third-order valence-corrected chi connectivity index (χ3v) is 4.17. The molecule has 2 rings (SSSR count). The van der Waals surface area contributed by atoms with Crippen LogP contribution in [0.2, 0.25) is 0 Å². The van der Waals surface area contributed by atoms with Crippen LogP contribution in [0, 0.1) is 0 Å². The first-order valence-corrected chi connectivity index (χ1v) is 7.22. The minimum atomic E-state index is 0.535. The van der Waals surface area contributed by atoms with E-state index in [1.165, 1.54) is 9.75 Å². The molecule has 0 aliphatic rings. The van der Waals surface area contributed by atoms with Crippen LogP contribution >= 0.6 is 27.3 Å². The van der Waals surface area contributed by atoms with Crippen LogP contribution in [0.1, 0.15) is 16.7 Å². The summed E-state index contributed by atoms with van der Waals surface area (Å²) in [4.78, 5) is 11.1. The minimum absolute atomic E-state index is 0.535. The highest BCUT2D eigenvalue weighted by molar-refractivity contribution is 9.10. The molecule has 0 amide bonds. The SMILES string of the molecule is CCc1ccc(CNc2ncc(Br)c(OC)n2)s1. The summed E-state index contributed by atoms with van der Waals surface area (Å²) in [5.41, 5.74) is 0. The topological polar surface area (TPSA) is 47.0 Å². The van der Waals surface area contributed by atoms with Gasteiger partial charge < -0.3 is 10.1 Å². The van der Waals surface area contributed by atoms with E-state index in [9.17, 15) is 0 Å². The van der Waals surface area contributed by atoms with Gasteiger partial charge in [0.15, 0.2) is 0 Å². The molecule has 2 heterocycles. The van der Waals surface area contributed by atoms with Gasteiger partial charge in [0.2, 0.25) is 11.8 Å². The molecule has 0 aliphatic heterocycles. The Morgan fingerprint density at radius 2 is 2.17 bits per heavy atom. The second kappa shape index (κ2) is 6.15. The Morgan fingerprint density at radius 1 is 1.39 bits per heavy atom. The van der Waals surface area contributed by atoms with E-state index in [0.29, 0.717) is 11.8 Å². The molecule has 0 spiro atoms. The van der Waals surface area contributed by atoms with Gasteiger partial charge in [-0.05, 0) is 34.5 Å². The Hall–Kier alpha value is -1.14. The summed E-state index contributed by atoms with van der Waals surface area (Å²) in [6.07, 6.45) is 2.76. The zero-order chi connectivity index (χ0) is 13.0. The van der Waals surface area contributed by atoms with Gasteiger partial charge in [-0.2, -0.15) is 4.98 Å². The second-order valence-corrected chi connectivity index (χ2v) is 5.73. The van der Waals surface area contributed by atoms with Crippen molar-refractivity contribution in [1.29, 1.82) is 0 Å². The van der Waals surface area contributed by atoms with Gasteiger partial charge in [-0.25, -0.2) is 4.98 Å². The number of aromatic nitrogens is 2. The summed E-state index contributed by atoms with van der Waals surface area (Å²) >= 11 is 5.13. The van der Waals surface area contributed by atoms with Gasteiger partial charge in [-0.1, -0.05) is 6.92 Å². The van der Waals surface area contributed by atoms with Crippen LogP contribution in [0.4, 0.5) is 5.95 Å². The van der Waals surface area contributed by atoms with Gasteiger partial charge in [0.25, 0.3) is 0 Å². The number of nitrogens with one attached hydrogen (secondary N) is 1. The number of hydrogen-bond acceptors (Lipinski definition) is 5. The van der Waals surface area contributed by atoms with Crippen LogP contribution in [0.5, 0.6) is 5.88 Å². The summed E-state index contributed by atoms with van der Waals surface area (Å²) in [7, 11) is 1.59. The predicted molar refractivity (Wildman–Crippen MR) is 77.3 cm³/mol. The number of anilines is 1. The Kier molecular flexibility index (Phi) is 4.54. The zero-order valence-electron chi connectivity index (χ0n) is 10.2. The number of aryl methyl sites for hydroxylation is 1. The molecular formula is C12H14BrN3OS. The third kappa shape index (κ3) is 3.20. The highest BCUT2D eigenvalue weighted by Crippen LogP contribution is 2.22. The number of rotatable bonds is 5. The molecule has 0 saturated heterocycles. The molecule has 96 valence electrons. The fourth-order valence-corrected chi connectivity index (χ4v) is 2.70. The van der Waals surface area contributed by atoms with E-state index in [1.54, 1.807) is 24.6 Å². The smallest absolute Gasteiger partial charge is 0.232 e. The van der Waals surface area contributed by atoms with Crippen molar-refractivity contribution in [2.75, 3.05) is 12.4 Å². The van der Waals surface area contributed by atoms with Crippen LogP contribution < -0.4 is 10.1 Å². The van der Waals surface area contributed by atoms with Gasteiger partial charge >= 0.3 is 0 Å². The van der Waals surface area contributed by atoms with Crippen LogP contribution in [0.15, 0.2) is 22.8 Å². The van der Waals surface area contributed by atoms with Crippen molar-refractivity contribution >= 4 is 33.2 Å². The van der Waals surface area contributed by atoms with E-state index in [2.05, 4.69) is 50.3 Å². The molecule has 4 nitrogen and oxygen atoms in total. The number of halogens is 1. The van der Waals surface area contributed by atoms with Crippen molar-refractivity contribution in [1.82, 2.24) is 9.97 Å². The van der Waals surface area contributed by atoms with E-state index < -0.39 is 0 Å². The molecule has 18 heavy (non-hydrogen) atoms. The normalized spacial score (nSPS) is 10.4. The quantitative estimate of drug-likeness (QED) is 0.913. The van der Waals surface area contributed by atoms with E-state index in [4.69, 9.17) is 4.74 Å². The number of thiophene rings is 1. The second-order valence-electron chi connectivity index (χ2n) is 3.63. The molecule has 1 N–H and O–H groups in total. The van der Waals surface area contributed by atoms with Gasteiger partial charge in [0.1, 0.15) is 0 Å². The highest BCUT2D eigenvalue weighted by atomic mass is 79.9. The number of ether oxygens (including phenoxy) is 1. The van der Waals surface area contributed by atoms with Crippen molar-refractivity contribution in [3.8, 4) is 5.88 Å². The Bertz CT molecular complexity index is 530. The van der Waals surface area contributed by atoms with Gasteiger partial charge in [0, 0.05) is 9.75 Å². The minimum Gasteiger partial charge on any atom is -0.480 e. The lowest BCUT2D eigenvalue weighted by molar-refractivity contribution is 0.394. The Balaban J connectivity index is 2.01.